The van der Waals surface area contributed by atoms with Crippen molar-refractivity contribution in [2.24, 2.45) is 17.6 Å². The second-order valence-corrected chi connectivity index (χ2v) is 7.99. The van der Waals surface area contributed by atoms with E-state index in [1.54, 1.807) is 13.0 Å². The topological polar surface area (TPSA) is 101 Å². The molecule has 0 spiro atoms. The summed E-state index contributed by atoms with van der Waals surface area (Å²) in [6.07, 6.45) is 3.93. The molecule has 4 rings (SSSR count). The Morgan fingerprint density at radius 3 is 3.00 bits per heavy atom. The number of carbonyl (C=O) groups excluding carboxylic acids is 2. The van der Waals surface area contributed by atoms with Crippen LogP contribution in [0.25, 0.3) is 0 Å². The molecule has 2 fully saturated rings. The van der Waals surface area contributed by atoms with Gasteiger partial charge in [0.2, 0.25) is 5.91 Å². The molecule has 7 nitrogen and oxygen atoms in total. The molecule has 1 aliphatic heterocycles. The van der Waals surface area contributed by atoms with Crippen molar-refractivity contribution >= 4 is 28.3 Å². The highest BCUT2D eigenvalue weighted by atomic mass is 32.1. The van der Waals surface area contributed by atoms with Gasteiger partial charge < -0.3 is 15.1 Å². The molecule has 2 amide bonds. The lowest BCUT2D eigenvalue weighted by Crippen LogP contribution is -2.34. The van der Waals surface area contributed by atoms with Crippen LogP contribution < -0.4 is 11.1 Å². The first-order valence-electron chi connectivity index (χ1n) is 8.84. The molecule has 2 aromatic heterocycles. The number of rotatable bonds is 4. The van der Waals surface area contributed by atoms with E-state index in [2.05, 4.69) is 10.3 Å². The number of thiazole rings is 1. The number of hydrogen-bond donors (Lipinski definition) is 2. The summed E-state index contributed by atoms with van der Waals surface area (Å²) in [6.45, 7) is 3.31. The van der Waals surface area contributed by atoms with Crippen molar-refractivity contribution in [2.75, 3.05) is 18.4 Å². The number of hydrogen-bond acceptors (Lipinski definition) is 6. The normalized spacial score (nSPS) is 24.7. The van der Waals surface area contributed by atoms with Gasteiger partial charge in [0, 0.05) is 24.5 Å². The molecular formula is C18H22N4O3S. The van der Waals surface area contributed by atoms with Crippen LogP contribution in [0.15, 0.2) is 22.1 Å². The molecule has 0 bridgehead atoms. The number of furan rings is 1. The van der Waals surface area contributed by atoms with Gasteiger partial charge in [0.1, 0.15) is 5.76 Å². The maximum atomic E-state index is 12.6. The average Bonchev–Trinajstić information content (AvgIpc) is 3.35. The zero-order chi connectivity index (χ0) is 18.3. The zero-order valence-electron chi connectivity index (χ0n) is 14.6. The van der Waals surface area contributed by atoms with Crippen LogP contribution in [0.1, 0.15) is 34.7 Å². The van der Waals surface area contributed by atoms with Gasteiger partial charge in [-0.1, -0.05) is 0 Å². The molecule has 1 aliphatic carbocycles. The Kier molecular flexibility index (Phi) is 4.54. The van der Waals surface area contributed by atoms with E-state index in [0.717, 1.165) is 25.9 Å². The summed E-state index contributed by atoms with van der Waals surface area (Å²) < 4.78 is 5.14. The fraction of sp³-hybridized carbons (Fsp3) is 0.500. The fourth-order valence-electron chi connectivity index (χ4n) is 4.01. The van der Waals surface area contributed by atoms with Gasteiger partial charge in [-0.3, -0.25) is 14.9 Å². The van der Waals surface area contributed by atoms with E-state index in [1.807, 2.05) is 10.3 Å². The number of aromatic nitrogens is 1. The highest BCUT2D eigenvalue weighted by Crippen LogP contribution is 2.37. The Labute approximate surface area is 155 Å². The number of fused-ring (bicyclic) bond motifs is 1. The second kappa shape index (κ2) is 6.85. The van der Waals surface area contributed by atoms with Crippen LogP contribution in [-0.2, 0) is 11.2 Å². The van der Waals surface area contributed by atoms with Crippen molar-refractivity contribution < 1.29 is 14.0 Å². The zero-order valence-corrected chi connectivity index (χ0v) is 15.4. The summed E-state index contributed by atoms with van der Waals surface area (Å²) in [4.78, 5) is 31.0. The minimum absolute atomic E-state index is 0.0838. The van der Waals surface area contributed by atoms with E-state index < -0.39 is 0 Å². The first-order chi connectivity index (χ1) is 12.5. The standard InChI is InChI=1S/C18H22N4O3S/c1-10-13(4-5-25-10)17(24)21-18-20-12(9-26-18)6-16(23)22-7-11-2-3-15(19)14(11)8-22/h4-5,9,11,14-15H,2-3,6-8,19H2,1H3,(H,20,21,24). The SMILES string of the molecule is Cc1occc1C(=O)Nc1nc(CC(=O)N2CC3CCC(N)C3C2)cs1. The predicted octanol–water partition coefficient (Wildman–Crippen LogP) is 2.04. The Hall–Kier alpha value is -2.19. The van der Waals surface area contributed by atoms with Crippen LogP contribution in [0.3, 0.4) is 0 Å². The minimum Gasteiger partial charge on any atom is -0.469 e. The maximum absolute atomic E-state index is 12.6. The predicted molar refractivity (Wildman–Crippen MR) is 98.0 cm³/mol. The van der Waals surface area contributed by atoms with Gasteiger partial charge in [-0.2, -0.15) is 0 Å². The number of likely N-dealkylation sites (tertiary alicyclic amines) is 1. The van der Waals surface area contributed by atoms with Crippen molar-refractivity contribution in [3.05, 3.63) is 34.7 Å². The molecule has 3 N–H and O–H groups in total. The number of nitrogens with one attached hydrogen (secondary N) is 1. The smallest absolute Gasteiger partial charge is 0.260 e. The third-order valence-electron chi connectivity index (χ3n) is 5.47. The molecule has 0 radical (unpaired) electrons. The molecule has 26 heavy (non-hydrogen) atoms. The molecule has 138 valence electrons. The van der Waals surface area contributed by atoms with Gasteiger partial charge in [-0.05, 0) is 37.7 Å². The highest BCUT2D eigenvalue weighted by molar-refractivity contribution is 7.14. The van der Waals surface area contributed by atoms with Crippen LogP contribution in [0.2, 0.25) is 0 Å². The summed E-state index contributed by atoms with van der Waals surface area (Å²) in [5, 5.41) is 5.06. The van der Waals surface area contributed by atoms with Crippen LogP contribution in [0, 0.1) is 18.8 Å². The Morgan fingerprint density at radius 2 is 2.27 bits per heavy atom. The molecule has 0 aromatic carbocycles. The number of carbonyl (C=O) groups is 2. The lowest BCUT2D eigenvalue weighted by atomic mass is 9.98. The summed E-state index contributed by atoms with van der Waals surface area (Å²) in [6, 6.07) is 1.85. The quantitative estimate of drug-likeness (QED) is 0.853. The fourth-order valence-corrected chi connectivity index (χ4v) is 4.71. The van der Waals surface area contributed by atoms with Crippen LogP contribution in [0.5, 0.6) is 0 Å². The van der Waals surface area contributed by atoms with Gasteiger partial charge in [0.15, 0.2) is 5.13 Å². The second-order valence-electron chi connectivity index (χ2n) is 7.13. The van der Waals surface area contributed by atoms with E-state index in [4.69, 9.17) is 10.2 Å². The third-order valence-corrected chi connectivity index (χ3v) is 6.28. The van der Waals surface area contributed by atoms with Crippen molar-refractivity contribution in [3.63, 3.8) is 0 Å². The van der Waals surface area contributed by atoms with E-state index in [1.165, 1.54) is 17.6 Å². The van der Waals surface area contributed by atoms with Crippen LogP contribution >= 0.6 is 11.3 Å². The molecule has 8 heteroatoms. The van der Waals surface area contributed by atoms with Crippen LogP contribution in [0.4, 0.5) is 5.13 Å². The summed E-state index contributed by atoms with van der Waals surface area (Å²) in [5.41, 5.74) is 7.30. The van der Waals surface area contributed by atoms with Gasteiger partial charge in [0.25, 0.3) is 5.91 Å². The molecule has 2 aromatic rings. The first-order valence-corrected chi connectivity index (χ1v) is 9.72. The van der Waals surface area contributed by atoms with E-state index in [0.29, 0.717) is 34.0 Å². The number of nitrogens with two attached hydrogens (primary N) is 1. The molecule has 1 saturated carbocycles. The average molecular weight is 374 g/mol. The Bertz CT molecular complexity index is 830. The maximum Gasteiger partial charge on any atom is 0.260 e. The summed E-state index contributed by atoms with van der Waals surface area (Å²) >= 11 is 1.32. The summed E-state index contributed by atoms with van der Waals surface area (Å²) in [5.74, 6) is 1.39. The molecule has 3 heterocycles. The van der Waals surface area contributed by atoms with Gasteiger partial charge in [-0.25, -0.2) is 4.98 Å². The lowest BCUT2D eigenvalue weighted by Gasteiger charge is -2.18. The first kappa shape index (κ1) is 17.2. The number of aryl methyl sites for hydroxylation is 1. The monoisotopic (exact) mass is 374 g/mol. The molecule has 1 saturated heterocycles. The molecule has 3 unspecified atom stereocenters. The Balaban J connectivity index is 1.34. The van der Waals surface area contributed by atoms with Crippen LogP contribution in [-0.4, -0.2) is 40.8 Å². The van der Waals surface area contributed by atoms with Gasteiger partial charge >= 0.3 is 0 Å². The minimum atomic E-state index is -0.259. The molecule has 2 aliphatic rings. The van der Waals surface area contributed by atoms with Crippen molar-refractivity contribution in [1.29, 1.82) is 0 Å². The van der Waals surface area contributed by atoms with Gasteiger partial charge in [-0.15, -0.1) is 11.3 Å². The van der Waals surface area contributed by atoms with E-state index >= 15 is 0 Å². The van der Waals surface area contributed by atoms with E-state index in [-0.39, 0.29) is 24.3 Å². The molecule has 3 atom stereocenters. The van der Waals surface area contributed by atoms with Crippen molar-refractivity contribution in [3.8, 4) is 0 Å². The van der Waals surface area contributed by atoms with Crippen molar-refractivity contribution in [2.45, 2.75) is 32.2 Å². The number of amides is 2. The highest BCUT2D eigenvalue weighted by Gasteiger charge is 2.42. The molecular weight excluding hydrogens is 352 g/mol. The third kappa shape index (κ3) is 3.26. The Morgan fingerprint density at radius 1 is 1.42 bits per heavy atom. The van der Waals surface area contributed by atoms with Gasteiger partial charge in [0.05, 0.1) is 23.9 Å². The van der Waals surface area contributed by atoms with Crippen molar-refractivity contribution in [1.82, 2.24) is 9.88 Å². The summed E-state index contributed by atoms with van der Waals surface area (Å²) in [7, 11) is 0. The van der Waals surface area contributed by atoms with E-state index in [9.17, 15) is 9.59 Å². The number of nitrogens with zero attached hydrogens (tertiary/aromatic N) is 2. The largest absolute Gasteiger partial charge is 0.469 e. The number of anilines is 1. The lowest BCUT2D eigenvalue weighted by molar-refractivity contribution is -0.129.